The lowest BCUT2D eigenvalue weighted by Crippen LogP contribution is -2.38. The molecule has 10 heteroatoms. The Labute approximate surface area is 186 Å². The molecule has 152 valence electrons. The molecule has 0 aliphatic rings. The van der Waals surface area contributed by atoms with Crippen LogP contribution in [0.3, 0.4) is 0 Å². The van der Waals surface area contributed by atoms with Crippen LogP contribution in [0, 0.1) is 0 Å². The van der Waals surface area contributed by atoms with E-state index in [1.165, 1.54) is 36.4 Å². The Hall–Kier alpha value is -1.67. The molecule has 0 fully saturated rings. The monoisotopic (exact) mass is 492 g/mol. The minimum atomic E-state index is -5.02. The second-order valence-electron chi connectivity index (χ2n) is 6.16. The van der Waals surface area contributed by atoms with Crippen LogP contribution in [0.25, 0.3) is 0 Å². The Morgan fingerprint density at radius 1 is 0.724 bits per heavy atom. The van der Waals surface area contributed by atoms with Gasteiger partial charge < -0.3 is 10.2 Å². The van der Waals surface area contributed by atoms with Gasteiger partial charge in [-0.2, -0.15) is 8.42 Å². The summed E-state index contributed by atoms with van der Waals surface area (Å²) in [6, 6.07) is 11.4. The van der Waals surface area contributed by atoms with E-state index >= 15 is 0 Å². The quantitative estimate of drug-likeness (QED) is 0.239. The van der Waals surface area contributed by atoms with E-state index in [0.29, 0.717) is 0 Å². The topological polar surface area (TPSA) is 94.8 Å². The van der Waals surface area contributed by atoms with Crippen LogP contribution < -0.4 is 0 Å². The normalized spacial score (nSPS) is 13.8. The summed E-state index contributed by atoms with van der Waals surface area (Å²) in [5.74, 6) is -0.859. The van der Waals surface area contributed by atoms with Crippen molar-refractivity contribution in [2.75, 3.05) is 0 Å². The second kappa shape index (κ2) is 7.87. The van der Waals surface area contributed by atoms with Crippen LogP contribution in [0.1, 0.15) is 16.7 Å². The molecular weight excluding hydrogens is 482 g/mol. The fourth-order valence-electron chi connectivity index (χ4n) is 3.21. The molecule has 3 rings (SSSR count). The Morgan fingerprint density at radius 3 is 1.72 bits per heavy atom. The summed E-state index contributed by atoms with van der Waals surface area (Å²) in [4.78, 5) is 0. The predicted octanol–water partition coefficient (Wildman–Crippen LogP) is 5.89. The van der Waals surface area contributed by atoms with Gasteiger partial charge in [0.25, 0.3) is 10.1 Å². The largest absolute Gasteiger partial charge is 0.508 e. The molecule has 3 N–H and O–H groups in total. The molecule has 0 aliphatic heterocycles. The van der Waals surface area contributed by atoms with Gasteiger partial charge in [0, 0.05) is 11.1 Å². The van der Waals surface area contributed by atoms with E-state index in [0.717, 1.165) is 18.2 Å². The van der Waals surface area contributed by atoms with E-state index in [1.807, 2.05) is 0 Å². The Bertz CT molecular complexity index is 1170. The van der Waals surface area contributed by atoms with Gasteiger partial charge in [-0.25, -0.2) is 0 Å². The van der Waals surface area contributed by atoms with Crippen LogP contribution in [0.2, 0.25) is 20.1 Å². The van der Waals surface area contributed by atoms with Gasteiger partial charge in [-0.3, -0.25) is 4.55 Å². The van der Waals surface area contributed by atoms with E-state index in [9.17, 15) is 23.2 Å². The van der Waals surface area contributed by atoms with E-state index < -0.39 is 26.4 Å². The highest BCUT2D eigenvalue weighted by Gasteiger charge is 2.49. The molecule has 0 aromatic heterocycles. The summed E-state index contributed by atoms with van der Waals surface area (Å²) in [6.07, 6.45) is 0. The number of aromatic hydroxyl groups is 2. The van der Waals surface area contributed by atoms with Crippen molar-refractivity contribution in [2.45, 2.75) is 4.75 Å². The summed E-state index contributed by atoms with van der Waals surface area (Å²) in [6.45, 7) is 0. The summed E-state index contributed by atoms with van der Waals surface area (Å²) in [7, 11) is -5.02. The lowest BCUT2D eigenvalue weighted by atomic mass is 9.83. The molecule has 5 nitrogen and oxygen atoms in total. The number of halogens is 4. The zero-order valence-electron chi connectivity index (χ0n) is 14.3. The van der Waals surface area contributed by atoms with Crippen molar-refractivity contribution in [1.82, 2.24) is 0 Å². The first-order valence-electron chi connectivity index (χ1n) is 7.88. The fourth-order valence-corrected chi connectivity index (χ4v) is 5.25. The molecule has 0 heterocycles. The van der Waals surface area contributed by atoms with Crippen molar-refractivity contribution in [3.8, 4) is 11.5 Å². The molecule has 0 saturated carbocycles. The van der Waals surface area contributed by atoms with Gasteiger partial charge in [0.05, 0.1) is 15.1 Å². The molecule has 0 spiro atoms. The van der Waals surface area contributed by atoms with Gasteiger partial charge in [0.1, 0.15) is 11.5 Å². The number of hydrogen-bond acceptors (Lipinski definition) is 4. The lowest BCUT2D eigenvalue weighted by molar-refractivity contribution is 0.444. The van der Waals surface area contributed by atoms with Crippen LogP contribution >= 0.6 is 46.4 Å². The van der Waals surface area contributed by atoms with Gasteiger partial charge >= 0.3 is 0 Å². The predicted molar refractivity (Wildman–Crippen MR) is 114 cm³/mol. The number of hydrogen-bond donors (Lipinski definition) is 3. The maximum Gasteiger partial charge on any atom is 0.283 e. The third-order valence-electron chi connectivity index (χ3n) is 4.32. The Balaban J connectivity index is 2.58. The molecule has 0 amide bonds. The molecule has 0 saturated heterocycles. The summed E-state index contributed by atoms with van der Waals surface area (Å²) in [5.41, 5.74) is -0.229. The second-order valence-corrected chi connectivity index (χ2v) is 9.35. The van der Waals surface area contributed by atoms with E-state index in [1.54, 1.807) is 0 Å². The maximum absolute atomic E-state index is 12.9. The zero-order chi connectivity index (χ0) is 21.6. The molecule has 0 radical (unpaired) electrons. The first-order valence-corrected chi connectivity index (χ1v) is 10.8. The smallest absolute Gasteiger partial charge is 0.283 e. The molecule has 3 aromatic carbocycles. The third-order valence-corrected chi connectivity index (χ3v) is 7.23. The van der Waals surface area contributed by atoms with Crippen molar-refractivity contribution in [3.63, 3.8) is 0 Å². The molecule has 0 aliphatic carbocycles. The minimum Gasteiger partial charge on any atom is -0.508 e. The number of phenolic OH excluding ortho intramolecular Hbond substituents is 2. The van der Waals surface area contributed by atoms with Crippen molar-refractivity contribution in [2.24, 2.45) is 0 Å². The van der Waals surface area contributed by atoms with Crippen molar-refractivity contribution in [3.05, 3.63) is 91.4 Å². The van der Waals surface area contributed by atoms with Gasteiger partial charge in [0.2, 0.25) is 0 Å². The minimum absolute atomic E-state index is 0.00817. The first-order chi connectivity index (χ1) is 13.5. The summed E-state index contributed by atoms with van der Waals surface area (Å²) in [5, 5.41) is 20.0. The highest BCUT2D eigenvalue weighted by Crippen LogP contribution is 2.48. The summed E-state index contributed by atoms with van der Waals surface area (Å²) >= 11 is 24.3. The van der Waals surface area contributed by atoms with E-state index in [2.05, 4.69) is 0 Å². The highest BCUT2D eigenvalue weighted by atomic mass is 35.5. The molecule has 3 aromatic rings. The van der Waals surface area contributed by atoms with Crippen LogP contribution in [0.5, 0.6) is 11.5 Å². The number of rotatable bonds is 4. The maximum atomic E-state index is 12.9. The van der Waals surface area contributed by atoms with E-state index in [4.69, 9.17) is 46.4 Å². The van der Waals surface area contributed by atoms with Crippen molar-refractivity contribution in [1.29, 1.82) is 0 Å². The third kappa shape index (κ3) is 3.89. The number of benzene rings is 3. The SMILES string of the molecule is O=S(=O)(O)C(c1cc(O)cc(O)c1)(c1cccc(Cl)c1)c1cc(Cl)c(Cl)c(Cl)c1. The lowest BCUT2D eigenvalue weighted by Gasteiger charge is -2.33. The first kappa shape index (κ1) is 22.0. The van der Waals surface area contributed by atoms with Crippen molar-refractivity contribution < 1.29 is 23.2 Å². The molecule has 1 unspecified atom stereocenters. The van der Waals surface area contributed by atoms with Gasteiger partial charge in [-0.05, 0) is 53.1 Å². The van der Waals surface area contributed by atoms with Gasteiger partial charge in [0.15, 0.2) is 4.75 Å². The van der Waals surface area contributed by atoms with Crippen LogP contribution in [-0.4, -0.2) is 23.2 Å². The van der Waals surface area contributed by atoms with E-state index in [-0.39, 0.29) is 36.8 Å². The zero-order valence-corrected chi connectivity index (χ0v) is 18.1. The van der Waals surface area contributed by atoms with Gasteiger partial charge in [-0.15, -0.1) is 0 Å². The average Bonchev–Trinajstić information content (AvgIpc) is 2.58. The molecule has 29 heavy (non-hydrogen) atoms. The fraction of sp³-hybridized carbons (Fsp3) is 0.0526. The average molecular weight is 494 g/mol. The number of phenols is 2. The van der Waals surface area contributed by atoms with Crippen molar-refractivity contribution >= 4 is 56.5 Å². The molecule has 0 bridgehead atoms. The van der Waals surface area contributed by atoms with Gasteiger partial charge in [-0.1, -0.05) is 58.5 Å². The summed E-state index contributed by atoms with van der Waals surface area (Å²) < 4.78 is 34.0. The molecular formula is C19H12Cl4O5S. The Morgan fingerprint density at radius 2 is 1.24 bits per heavy atom. The van der Waals surface area contributed by atoms with Crippen LogP contribution in [0.15, 0.2) is 54.6 Å². The Kier molecular flexibility index (Phi) is 5.98. The van der Waals surface area contributed by atoms with Crippen LogP contribution in [-0.2, 0) is 14.9 Å². The molecule has 1 atom stereocenters. The highest BCUT2D eigenvalue weighted by molar-refractivity contribution is 7.87. The van der Waals surface area contributed by atoms with Crippen LogP contribution in [0.4, 0.5) is 0 Å². The standard InChI is InChI=1S/C19H12Cl4O5S/c20-13-3-1-2-10(4-13)19(29(26,27)28,11-5-14(24)9-15(25)6-11)12-7-16(21)18(23)17(22)8-12/h1-9,24-25H,(H,26,27,28).